The molecule has 0 heterocycles. The van der Waals surface area contributed by atoms with Crippen LogP contribution in [0.1, 0.15) is 33.6 Å². The molecule has 0 aromatic carbocycles. The van der Waals surface area contributed by atoms with Gasteiger partial charge in [0.1, 0.15) is 0 Å². The van der Waals surface area contributed by atoms with Crippen molar-refractivity contribution in [1.29, 1.82) is 0 Å². The summed E-state index contributed by atoms with van der Waals surface area (Å²) in [6, 6.07) is 0. The van der Waals surface area contributed by atoms with E-state index in [1.165, 1.54) is 4.91 Å². The molecule has 0 aliphatic carbocycles. The van der Waals surface area contributed by atoms with Crippen molar-refractivity contribution in [3.05, 3.63) is 35.8 Å². The van der Waals surface area contributed by atoms with E-state index in [4.69, 9.17) is 0 Å². The lowest BCUT2D eigenvalue weighted by Crippen LogP contribution is -2.01. The molecule has 0 saturated carbocycles. The molecule has 0 aliphatic rings. The van der Waals surface area contributed by atoms with Crippen molar-refractivity contribution in [3.8, 4) is 0 Å². The highest BCUT2D eigenvalue weighted by Gasteiger charge is 2.06. The van der Waals surface area contributed by atoms with Gasteiger partial charge in [-0.25, -0.2) is 0 Å². The molecule has 0 aromatic rings. The van der Waals surface area contributed by atoms with Gasteiger partial charge in [0.05, 0.1) is 0 Å². The van der Waals surface area contributed by atoms with Crippen LogP contribution >= 0.6 is 11.8 Å². The fraction of sp³-hybridized carbons (Fsp3) is 0.538. The fourth-order valence-electron chi connectivity index (χ4n) is 0.948. The van der Waals surface area contributed by atoms with Crippen LogP contribution in [0.2, 0.25) is 0 Å². The van der Waals surface area contributed by atoms with Crippen molar-refractivity contribution in [1.82, 2.24) is 0 Å². The molecule has 0 saturated heterocycles. The third kappa shape index (κ3) is 8.18. The molecule has 0 atom stereocenters. The topological polar surface area (TPSA) is 0 Å². The zero-order valence-electron chi connectivity index (χ0n) is 9.84. The van der Waals surface area contributed by atoms with E-state index < -0.39 is 0 Å². The molecule has 80 valence electrons. The summed E-state index contributed by atoms with van der Waals surface area (Å²) in [5.74, 6) is 0. The number of thioether (sulfide) groups is 1. The highest BCUT2D eigenvalue weighted by molar-refractivity contribution is 8.02. The minimum absolute atomic E-state index is 0.387. The maximum absolute atomic E-state index is 3.71. The van der Waals surface area contributed by atoms with Crippen LogP contribution in [0.4, 0.5) is 0 Å². The summed E-state index contributed by atoms with van der Waals surface area (Å²) >= 11 is 1.79. The van der Waals surface area contributed by atoms with Gasteiger partial charge in [0.15, 0.2) is 0 Å². The summed E-state index contributed by atoms with van der Waals surface area (Å²) in [6.07, 6.45) is 12.8. The molecular weight excluding hydrogens is 188 g/mol. The third-order valence-electron chi connectivity index (χ3n) is 1.73. The average molecular weight is 210 g/mol. The Morgan fingerprint density at radius 1 is 1.36 bits per heavy atom. The van der Waals surface area contributed by atoms with E-state index in [9.17, 15) is 0 Å². The number of hydrogen-bond acceptors (Lipinski definition) is 1. The molecule has 0 fully saturated rings. The maximum atomic E-state index is 3.71. The highest BCUT2D eigenvalue weighted by atomic mass is 32.2. The van der Waals surface area contributed by atoms with Crippen LogP contribution in [0.25, 0.3) is 0 Å². The Morgan fingerprint density at radius 3 is 2.43 bits per heavy atom. The summed E-state index contributed by atoms with van der Waals surface area (Å²) in [7, 11) is 0. The summed E-state index contributed by atoms with van der Waals surface area (Å²) in [4.78, 5) is 1.33. The zero-order valence-corrected chi connectivity index (χ0v) is 10.7. The maximum Gasteiger partial charge on any atom is 0.00291 e. The summed E-state index contributed by atoms with van der Waals surface area (Å²) in [6.45, 7) is 10.5. The van der Waals surface area contributed by atoms with Crippen molar-refractivity contribution in [3.63, 3.8) is 0 Å². The van der Waals surface area contributed by atoms with Gasteiger partial charge in [0.25, 0.3) is 0 Å². The molecule has 0 amide bonds. The number of rotatable bonds is 5. The van der Waals surface area contributed by atoms with E-state index in [1.54, 1.807) is 11.8 Å². The second kappa shape index (κ2) is 6.94. The lowest BCUT2D eigenvalue weighted by molar-refractivity contribution is 0.420. The number of hydrogen-bond donors (Lipinski definition) is 0. The molecular formula is C13H22S. The van der Waals surface area contributed by atoms with Crippen LogP contribution in [-0.4, -0.2) is 6.26 Å². The predicted molar refractivity (Wildman–Crippen MR) is 69.6 cm³/mol. The summed E-state index contributed by atoms with van der Waals surface area (Å²) in [5.41, 5.74) is 0.387. The minimum Gasteiger partial charge on any atom is -0.130 e. The van der Waals surface area contributed by atoms with Crippen molar-refractivity contribution in [2.75, 3.05) is 6.26 Å². The quantitative estimate of drug-likeness (QED) is 0.464. The minimum atomic E-state index is 0.387. The van der Waals surface area contributed by atoms with Gasteiger partial charge in [-0.2, -0.15) is 0 Å². The molecule has 0 aliphatic heterocycles. The van der Waals surface area contributed by atoms with Crippen LogP contribution in [0.15, 0.2) is 35.8 Å². The molecule has 0 aromatic heterocycles. The lowest BCUT2D eigenvalue weighted by Gasteiger charge is -2.14. The Morgan fingerprint density at radius 2 is 2.00 bits per heavy atom. The lowest BCUT2D eigenvalue weighted by atomic mass is 9.92. The van der Waals surface area contributed by atoms with E-state index in [-0.39, 0.29) is 0 Å². The fourth-order valence-corrected chi connectivity index (χ4v) is 1.44. The predicted octanol–water partition coefficient (Wildman–Crippen LogP) is 4.80. The number of allylic oxidation sites excluding steroid dienone is 4. The van der Waals surface area contributed by atoms with Gasteiger partial charge in [-0.15, -0.1) is 18.3 Å². The Balaban J connectivity index is 4.11. The Hall–Kier alpha value is -0.430. The summed E-state index contributed by atoms with van der Waals surface area (Å²) < 4.78 is 0. The zero-order chi connectivity index (χ0) is 11.0. The molecule has 0 N–H and O–H groups in total. The van der Waals surface area contributed by atoms with Gasteiger partial charge in [-0.1, -0.05) is 45.1 Å². The van der Waals surface area contributed by atoms with Crippen LogP contribution in [-0.2, 0) is 0 Å². The molecule has 1 heteroatoms. The van der Waals surface area contributed by atoms with Gasteiger partial charge in [-0.3, -0.25) is 0 Å². The monoisotopic (exact) mass is 210 g/mol. The first-order chi connectivity index (χ1) is 6.49. The van der Waals surface area contributed by atoms with Crippen LogP contribution in [0.3, 0.4) is 0 Å². The highest BCUT2D eigenvalue weighted by Crippen LogP contribution is 2.21. The molecule has 14 heavy (non-hydrogen) atoms. The third-order valence-corrected chi connectivity index (χ3v) is 2.51. The van der Waals surface area contributed by atoms with Gasteiger partial charge < -0.3 is 0 Å². The summed E-state index contributed by atoms with van der Waals surface area (Å²) in [5, 5.41) is 0. The first-order valence-corrected chi connectivity index (χ1v) is 6.23. The molecule has 0 unspecified atom stereocenters. The Labute approximate surface area is 93.2 Å². The Bertz CT molecular complexity index is 216. The second-order valence-corrected chi connectivity index (χ2v) is 5.38. The normalized spacial score (nSPS) is 13.6. The van der Waals surface area contributed by atoms with E-state index in [2.05, 4.69) is 51.8 Å². The molecule has 0 radical (unpaired) electrons. The van der Waals surface area contributed by atoms with Gasteiger partial charge in [0, 0.05) is 4.91 Å². The average Bonchev–Trinajstić information content (AvgIpc) is 2.09. The van der Waals surface area contributed by atoms with Crippen molar-refractivity contribution in [2.24, 2.45) is 5.41 Å². The van der Waals surface area contributed by atoms with Gasteiger partial charge >= 0.3 is 0 Å². The van der Waals surface area contributed by atoms with Crippen molar-refractivity contribution < 1.29 is 0 Å². The van der Waals surface area contributed by atoms with Gasteiger partial charge in [-0.05, 0) is 24.5 Å². The first-order valence-electron chi connectivity index (χ1n) is 5.01. The smallest absolute Gasteiger partial charge is 0.00291 e. The second-order valence-electron chi connectivity index (χ2n) is 4.50. The standard InChI is InChI=1S/C13H22S/c1-6-7-9-12(14-5)10-8-11-13(2,3)4/h6,8-10H,1,7,11H2,2-5H3/b10-8-,12-9+. The van der Waals surface area contributed by atoms with E-state index >= 15 is 0 Å². The largest absolute Gasteiger partial charge is 0.130 e. The van der Waals surface area contributed by atoms with E-state index in [0.717, 1.165) is 12.8 Å². The molecule has 0 spiro atoms. The Kier molecular flexibility index (Phi) is 6.73. The van der Waals surface area contributed by atoms with Crippen LogP contribution < -0.4 is 0 Å². The first kappa shape index (κ1) is 13.6. The van der Waals surface area contributed by atoms with E-state index in [0.29, 0.717) is 5.41 Å². The molecule has 0 bridgehead atoms. The molecule has 0 nitrogen and oxygen atoms in total. The molecule has 0 rings (SSSR count). The van der Waals surface area contributed by atoms with Crippen LogP contribution in [0, 0.1) is 5.41 Å². The van der Waals surface area contributed by atoms with Crippen molar-refractivity contribution in [2.45, 2.75) is 33.6 Å². The SMILES string of the molecule is C=CC/C=C(\C=C/CC(C)(C)C)SC. The van der Waals surface area contributed by atoms with E-state index in [1.807, 2.05) is 6.08 Å². The van der Waals surface area contributed by atoms with Crippen LogP contribution in [0.5, 0.6) is 0 Å². The van der Waals surface area contributed by atoms with Gasteiger partial charge in [0.2, 0.25) is 0 Å². The van der Waals surface area contributed by atoms with Crippen molar-refractivity contribution >= 4 is 11.8 Å².